The molecule has 0 spiro atoms. The number of hydrogen-bond acceptors (Lipinski definition) is 4. The van der Waals surface area contributed by atoms with Crippen molar-refractivity contribution in [3.8, 4) is 0 Å². The van der Waals surface area contributed by atoms with Crippen molar-refractivity contribution in [2.24, 2.45) is 0 Å². The minimum Gasteiger partial charge on any atom is -0.396 e. The van der Waals surface area contributed by atoms with Crippen LogP contribution in [0.3, 0.4) is 0 Å². The van der Waals surface area contributed by atoms with E-state index in [4.69, 9.17) is 5.11 Å². The van der Waals surface area contributed by atoms with Gasteiger partial charge in [0.1, 0.15) is 5.82 Å². The van der Waals surface area contributed by atoms with E-state index in [0.29, 0.717) is 0 Å². The number of rotatable bonds is 8. The predicted octanol–water partition coefficient (Wildman–Crippen LogP) is 2.57. The summed E-state index contributed by atoms with van der Waals surface area (Å²) < 4.78 is 0. The quantitative estimate of drug-likeness (QED) is 0.718. The Morgan fingerprint density at radius 3 is 2.65 bits per heavy atom. The van der Waals surface area contributed by atoms with Crippen LogP contribution in [0.1, 0.15) is 45.6 Å². The van der Waals surface area contributed by atoms with Gasteiger partial charge in [0.25, 0.3) is 0 Å². The number of nitrogens with one attached hydrogen (secondary N) is 1. The summed E-state index contributed by atoms with van der Waals surface area (Å²) in [7, 11) is 2.09. The first-order valence-electron chi connectivity index (χ1n) is 7.45. The largest absolute Gasteiger partial charge is 0.396 e. The fraction of sp³-hybridized carbons (Fsp3) is 0.688. The summed E-state index contributed by atoms with van der Waals surface area (Å²) in [4.78, 5) is 6.72. The van der Waals surface area contributed by atoms with Gasteiger partial charge in [0.15, 0.2) is 0 Å². The summed E-state index contributed by atoms with van der Waals surface area (Å²) in [5, 5.41) is 12.3. The zero-order valence-electron chi connectivity index (χ0n) is 13.3. The molecule has 0 saturated heterocycles. The van der Waals surface area contributed by atoms with Crippen LogP contribution in [0.15, 0.2) is 18.3 Å². The number of hydrogen-bond donors (Lipinski definition) is 2. The average molecular weight is 279 g/mol. The van der Waals surface area contributed by atoms with E-state index in [1.807, 2.05) is 12.3 Å². The monoisotopic (exact) mass is 279 g/mol. The Kier molecular flexibility index (Phi) is 6.96. The van der Waals surface area contributed by atoms with Crippen LogP contribution in [0.4, 0.5) is 5.82 Å². The molecule has 0 aliphatic rings. The molecule has 1 aromatic heterocycles. The van der Waals surface area contributed by atoms with Gasteiger partial charge in [-0.1, -0.05) is 6.07 Å². The molecule has 0 aliphatic heterocycles. The van der Waals surface area contributed by atoms with Crippen LogP contribution in [0, 0.1) is 0 Å². The van der Waals surface area contributed by atoms with Crippen LogP contribution < -0.4 is 10.2 Å². The first-order valence-corrected chi connectivity index (χ1v) is 7.45. The molecule has 0 atom stereocenters. The molecule has 0 aliphatic carbocycles. The summed E-state index contributed by atoms with van der Waals surface area (Å²) >= 11 is 0. The van der Waals surface area contributed by atoms with Gasteiger partial charge in [-0.2, -0.15) is 0 Å². The molecule has 1 aromatic rings. The molecule has 0 aromatic carbocycles. The fourth-order valence-electron chi connectivity index (χ4n) is 2.02. The minimum absolute atomic E-state index is 0.104. The van der Waals surface area contributed by atoms with E-state index >= 15 is 0 Å². The molecular weight excluding hydrogens is 250 g/mol. The molecule has 2 N–H and O–H groups in total. The van der Waals surface area contributed by atoms with Crippen molar-refractivity contribution in [1.82, 2.24) is 10.3 Å². The summed E-state index contributed by atoms with van der Waals surface area (Å²) in [6.07, 6.45) is 4.87. The van der Waals surface area contributed by atoms with Crippen molar-refractivity contribution >= 4 is 5.82 Å². The average Bonchev–Trinajstić information content (AvgIpc) is 2.40. The zero-order chi connectivity index (χ0) is 15.0. The standard InChI is InChI=1S/C16H29N3O/c1-16(2,3)18-13-14-9-8-10-17-15(14)19(4)11-6-5-7-12-20/h8-10,18,20H,5-7,11-13H2,1-4H3. The maximum absolute atomic E-state index is 8.80. The molecule has 0 radical (unpaired) electrons. The Labute approximate surface area is 123 Å². The van der Waals surface area contributed by atoms with Gasteiger partial charge >= 0.3 is 0 Å². The summed E-state index contributed by atoms with van der Waals surface area (Å²) in [6.45, 7) is 8.59. The minimum atomic E-state index is 0.104. The second-order valence-electron chi connectivity index (χ2n) is 6.30. The second kappa shape index (κ2) is 8.22. The van der Waals surface area contributed by atoms with Gasteiger partial charge in [0.05, 0.1) is 0 Å². The lowest BCUT2D eigenvalue weighted by atomic mass is 10.1. The molecule has 0 saturated carbocycles. The SMILES string of the molecule is CN(CCCCCO)c1ncccc1CNC(C)(C)C. The van der Waals surface area contributed by atoms with E-state index in [1.165, 1.54) is 5.56 Å². The van der Waals surface area contributed by atoms with Crippen molar-refractivity contribution in [3.63, 3.8) is 0 Å². The highest BCUT2D eigenvalue weighted by molar-refractivity contribution is 5.45. The first-order chi connectivity index (χ1) is 9.44. The molecule has 4 nitrogen and oxygen atoms in total. The van der Waals surface area contributed by atoms with Crippen molar-refractivity contribution in [1.29, 1.82) is 0 Å². The highest BCUT2D eigenvalue weighted by Gasteiger charge is 2.12. The van der Waals surface area contributed by atoms with Crippen LogP contribution in [0.25, 0.3) is 0 Å². The van der Waals surface area contributed by atoms with Crippen LogP contribution in [0.5, 0.6) is 0 Å². The van der Waals surface area contributed by atoms with Gasteiger partial charge in [-0.05, 0) is 46.1 Å². The number of aliphatic hydroxyl groups excluding tert-OH is 1. The third-order valence-corrected chi connectivity index (χ3v) is 3.19. The highest BCUT2D eigenvalue weighted by Crippen LogP contribution is 2.17. The third-order valence-electron chi connectivity index (χ3n) is 3.19. The van der Waals surface area contributed by atoms with Gasteiger partial charge in [-0.15, -0.1) is 0 Å². The molecule has 114 valence electrons. The van der Waals surface area contributed by atoms with Crippen LogP contribution in [0.2, 0.25) is 0 Å². The molecule has 0 bridgehead atoms. The normalized spacial score (nSPS) is 11.7. The van der Waals surface area contributed by atoms with Gasteiger partial charge in [-0.3, -0.25) is 0 Å². The van der Waals surface area contributed by atoms with Crippen molar-refractivity contribution in [2.45, 2.75) is 52.1 Å². The Balaban J connectivity index is 2.59. The van der Waals surface area contributed by atoms with E-state index in [0.717, 1.165) is 38.2 Å². The zero-order valence-corrected chi connectivity index (χ0v) is 13.3. The fourth-order valence-corrected chi connectivity index (χ4v) is 2.02. The predicted molar refractivity (Wildman–Crippen MR) is 85.0 cm³/mol. The number of pyridine rings is 1. The third kappa shape index (κ3) is 6.35. The van der Waals surface area contributed by atoms with E-state index < -0.39 is 0 Å². The first kappa shape index (κ1) is 16.9. The van der Waals surface area contributed by atoms with E-state index in [-0.39, 0.29) is 12.1 Å². The molecular formula is C16H29N3O. The summed E-state index contributed by atoms with van der Waals surface area (Å²) in [5.41, 5.74) is 1.33. The van der Waals surface area contributed by atoms with Crippen LogP contribution >= 0.6 is 0 Å². The summed E-state index contributed by atoms with van der Waals surface area (Å²) in [5.74, 6) is 1.05. The van der Waals surface area contributed by atoms with Crippen molar-refractivity contribution < 1.29 is 5.11 Å². The molecule has 0 amide bonds. The Bertz CT molecular complexity index is 388. The second-order valence-corrected chi connectivity index (χ2v) is 6.30. The lowest BCUT2D eigenvalue weighted by Gasteiger charge is -2.24. The molecule has 0 unspecified atom stereocenters. The van der Waals surface area contributed by atoms with Gasteiger partial charge in [-0.25, -0.2) is 4.98 Å². The van der Waals surface area contributed by atoms with Gasteiger partial charge in [0.2, 0.25) is 0 Å². The van der Waals surface area contributed by atoms with E-state index in [1.54, 1.807) is 0 Å². The Morgan fingerprint density at radius 2 is 2.00 bits per heavy atom. The maximum Gasteiger partial charge on any atom is 0.132 e. The van der Waals surface area contributed by atoms with E-state index in [9.17, 15) is 0 Å². The molecule has 20 heavy (non-hydrogen) atoms. The van der Waals surface area contributed by atoms with Crippen molar-refractivity contribution in [2.75, 3.05) is 25.1 Å². The number of nitrogens with zero attached hydrogens (tertiary/aromatic N) is 2. The van der Waals surface area contributed by atoms with Gasteiger partial charge in [0, 0.05) is 44.0 Å². The molecule has 1 heterocycles. The summed E-state index contributed by atoms with van der Waals surface area (Å²) in [6, 6.07) is 4.12. The number of unbranched alkanes of at least 4 members (excludes halogenated alkanes) is 2. The molecule has 1 rings (SSSR count). The van der Waals surface area contributed by atoms with Gasteiger partial charge < -0.3 is 15.3 Å². The highest BCUT2D eigenvalue weighted by atomic mass is 16.2. The van der Waals surface area contributed by atoms with Crippen LogP contribution in [-0.2, 0) is 6.54 Å². The topological polar surface area (TPSA) is 48.4 Å². The number of aliphatic hydroxyl groups is 1. The van der Waals surface area contributed by atoms with Crippen molar-refractivity contribution in [3.05, 3.63) is 23.9 Å². The lowest BCUT2D eigenvalue weighted by Crippen LogP contribution is -2.35. The molecule has 4 heteroatoms. The smallest absolute Gasteiger partial charge is 0.132 e. The maximum atomic E-state index is 8.80. The number of aromatic nitrogens is 1. The number of anilines is 1. The lowest BCUT2D eigenvalue weighted by molar-refractivity contribution is 0.283. The van der Waals surface area contributed by atoms with Crippen LogP contribution in [-0.4, -0.2) is 35.8 Å². The Hall–Kier alpha value is -1.13. The van der Waals surface area contributed by atoms with E-state index in [2.05, 4.69) is 49.1 Å². The molecule has 0 fully saturated rings. The Morgan fingerprint density at radius 1 is 1.25 bits per heavy atom.